The summed E-state index contributed by atoms with van der Waals surface area (Å²) >= 11 is 7.54. The molecule has 0 spiro atoms. The largest absolute Gasteiger partial charge is 0.302 e. The summed E-state index contributed by atoms with van der Waals surface area (Å²) in [6.45, 7) is 1.96. The van der Waals surface area contributed by atoms with Crippen LogP contribution in [0, 0.1) is 0 Å². The van der Waals surface area contributed by atoms with Crippen LogP contribution in [0.25, 0.3) is 0 Å². The highest BCUT2D eigenvalue weighted by atomic mass is 35.5. The number of hydrogen-bond acceptors (Lipinski definition) is 2. The van der Waals surface area contributed by atoms with Gasteiger partial charge in [0.15, 0.2) is 0 Å². The van der Waals surface area contributed by atoms with E-state index in [1.807, 2.05) is 42.6 Å². The second-order valence-corrected chi connectivity index (χ2v) is 5.77. The van der Waals surface area contributed by atoms with Crippen molar-refractivity contribution in [3.05, 3.63) is 57.2 Å². The van der Waals surface area contributed by atoms with E-state index >= 15 is 0 Å². The van der Waals surface area contributed by atoms with Crippen LogP contribution in [0.1, 0.15) is 17.4 Å². The lowest BCUT2D eigenvalue weighted by Crippen LogP contribution is -2.26. The summed E-state index contributed by atoms with van der Waals surface area (Å²) in [7, 11) is 0. The summed E-state index contributed by atoms with van der Waals surface area (Å²) in [5, 5.41) is 2.72. The topological polar surface area (TPSA) is 17.1 Å². The molecule has 2 rings (SSSR count). The fourth-order valence-electron chi connectivity index (χ4n) is 1.82. The van der Waals surface area contributed by atoms with Crippen molar-refractivity contribution < 1.29 is 4.79 Å². The van der Waals surface area contributed by atoms with E-state index in [1.165, 1.54) is 4.88 Å². The highest BCUT2D eigenvalue weighted by Crippen LogP contribution is 2.28. The fourth-order valence-corrected chi connectivity index (χ4v) is 2.82. The number of hydrogen-bond donors (Lipinski definition) is 0. The van der Waals surface area contributed by atoms with Crippen molar-refractivity contribution in [2.45, 2.75) is 18.8 Å². The Balaban J connectivity index is 2.30. The molecule has 0 bridgehead atoms. The van der Waals surface area contributed by atoms with Crippen LogP contribution in [0.4, 0.5) is 0 Å². The highest BCUT2D eigenvalue weighted by molar-refractivity contribution is 7.09. The molecule has 0 aliphatic rings. The van der Waals surface area contributed by atoms with Crippen LogP contribution in [0.2, 0.25) is 5.02 Å². The first kappa shape index (κ1) is 12.3. The van der Waals surface area contributed by atoms with Crippen LogP contribution in [0.3, 0.4) is 0 Å². The Kier molecular flexibility index (Phi) is 3.65. The maximum absolute atomic E-state index is 11.4. The molecule has 0 fully saturated rings. The summed E-state index contributed by atoms with van der Waals surface area (Å²) in [4.78, 5) is 12.6. The van der Waals surface area contributed by atoms with Gasteiger partial charge < -0.3 is 4.79 Å². The van der Waals surface area contributed by atoms with Crippen molar-refractivity contribution in [3.8, 4) is 0 Å². The molecular formula is C14H13ClOS. The molecule has 0 radical (unpaired) electrons. The van der Waals surface area contributed by atoms with Crippen LogP contribution in [-0.4, -0.2) is 6.29 Å². The molecule has 1 unspecified atom stereocenters. The molecule has 2 aromatic rings. The van der Waals surface area contributed by atoms with Gasteiger partial charge in [0.1, 0.15) is 6.29 Å². The molecule has 0 saturated carbocycles. The molecule has 1 atom stereocenters. The van der Waals surface area contributed by atoms with Gasteiger partial charge in [-0.25, -0.2) is 0 Å². The first-order valence-electron chi connectivity index (χ1n) is 5.39. The summed E-state index contributed by atoms with van der Waals surface area (Å²) < 4.78 is 0. The number of thiophene rings is 1. The summed E-state index contributed by atoms with van der Waals surface area (Å²) in [6, 6.07) is 11.6. The van der Waals surface area contributed by atoms with Gasteiger partial charge in [-0.05, 0) is 42.5 Å². The third-order valence-corrected chi connectivity index (χ3v) is 4.01. The van der Waals surface area contributed by atoms with E-state index in [1.54, 1.807) is 11.3 Å². The van der Waals surface area contributed by atoms with Crippen molar-refractivity contribution in [2.24, 2.45) is 0 Å². The van der Waals surface area contributed by atoms with Gasteiger partial charge >= 0.3 is 0 Å². The first-order valence-corrected chi connectivity index (χ1v) is 6.64. The van der Waals surface area contributed by atoms with Gasteiger partial charge in [-0.1, -0.05) is 29.8 Å². The Hall–Kier alpha value is -1.12. The maximum atomic E-state index is 11.4. The molecule has 0 aliphatic carbocycles. The third-order valence-electron chi connectivity index (χ3n) is 2.89. The molecule has 0 saturated heterocycles. The van der Waals surface area contributed by atoms with Crippen molar-refractivity contribution >= 4 is 29.2 Å². The van der Waals surface area contributed by atoms with Crippen molar-refractivity contribution in [3.63, 3.8) is 0 Å². The zero-order chi connectivity index (χ0) is 12.3. The van der Waals surface area contributed by atoms with Crippen LogP contribution in [-0.2, 0) is 16.6 Å². The standard InChI is InChI=1S/C14H13ClOS/c1-14(10-16,9-13-3-2-8-17-13)11-4-6-12(15)7-5-11/h2-8,10H,9H2,1H3. The zero-order valence-corrected chi connectivity index (χ0v) is 11.1. The first-order chi connectivity index (χ1) is 8.14. The number of aldehydes is 1. The molecule has 1 aromatic carbocycles. The minimum atomic E-state index is -0.477. The molecule has 0 amide bonds. The van der Waals surface area contributed by atoms with Gasteiger partial charge in [0.25, 0.3) is 0 Å². The molecule has 0 N–H and O–H groups in total. The number of halogens is 1. The normalized spacial score (nSPS) is 14.2. The Labute approximate surface area is 110 Å². The van der Waals surface area contributed by atoms with Gasteiger partial charge in [0, 0.05) is 9.90 Å². The molecule has 0 aliphatic heterocycles. The second kappa shape index (κ2) is 5.03. The molecule has 3 heteroatoms. The lowest BCUT2D eigenvalue weighted by Gasteiger charge is -2.23. The lowest BCUT2D eigenvalue weighted by atomic mass is 9.80. The van der Waals surface area contributed by atoms with Gasteiger partial charge in [-0.15, -0.1) is 11.3 Å². The Morgan fingerprint density at radius 1 is 1.29 bits per heavy atom. The Morgan fingerprint density at radius 2 is 2.00 bits per heavy atom. The van der Waals surface area contributed by atoms with E-state index in [9.17, 15) is 4.79 Å². The Morgan fingerprint density at radius 3 is 2.53 bits per heavy atom. The molecule has 1 aromatic heterocycles. The average Bonchev–Trinajstić information content (AvgIpc) is 2.82. The molecular weight excluding hydrogens is 252 g/mol. The molecule has 1 nitrogen and oxygen atoms in total. The number of carbonyl (C=O) groups excluding carboxylic acids is 1. The zero-order valence-electron chi connectivity index (χ0n) is 9.52. The maximum Gasteiger partial charge on any atom is 0.130 e. The minimum absolute atomic E-state index is 0.477. The minimum Gasteiger partial charge on any atom is -0.302 e. The van der Waals surface area contributed by atoms with Crippen LogP contribution in [0.15, 0.2) is 41.8 Å². The van der Waals surface area contributed by atoms with E-state index < -0.39 is 5.41 Å². The number of carbonyl (C=O) groups is 1. The predicted octanol–water partition coefficient (Wildman–Crippen LogP) is 4.10. The number of rotatable bonds is 4. The molecule has 17 heavy (non-hydrogen) atoms. The van der Waals surface area contributed by atoms with Gasteiger partial charge in [-0.2, -0.15) is 0 Å². The lowest BCUT2D eigenvalue weighted by molar-refractivity contribution is -0.112. The number of benzene rings is 1. The third kappa shape index (κ3) is 2.76. The van der Waals surface area contributed by atoms with Gasteiger partial charge in [-0.3, -0.25) is 0 Å². The fraction of sp³-hybridized carbons (Fsp3) is 0.214. The van der Waals surface area contributed by atoms with E-state index in [2.05, 4.69) is 6.07 Å². The average molecular weight is 265 g/mol. The monoisotopic (exact) mass is 264 g/mol. The quantitative estimate of drug-likeness (QED) is 0.760. The van der Waals surface area contributed by atoms with E-state index in [4.69, 9.17) is 11.6 Å². The molecule has 1 heterocycles. The smallest absolute Gasteiger partial charge is 0.130 e. The van der Waals surface area contributed by atoms with E-state index in [0.29, 0.717) is 5.02 Å². The van der Waals surface area contributed by atoms with Crippen molar-refractivity contribution in [2.75, 3.05) is 0 Å². The van der Waals surface area contributed by atoms with E-state index in [-0.39, 0.29) is 0 Å². The highest BCUT2D eigenvalue weighted by Gasteiger charge is 2.26. The van der Waals surface area contributed by atoms with Gasteiger partial charge in [0.05, 0.1) is 5.41 Å². The summed E-state index contributed by atoms with van der Waals surface area (Å²) in [6.07, 6.45) is 1.76. The Bertz CT molecular complexity index is 489. The van der Waals surface area contributed by atoms with Crippen LogP contribution < -0.4 is 0 Å². The summed E-state index contributed by atoms with van der Waals surface area (Å²) in [5.41, 5.74) is 0.528. The molecule has 88 valence electrons. The SMILES string of the molecule is CC(C=O)(Cc1cccs1)c1ccc(Cl)cc1. The second-order valence-electron chi connectivity index (χ2n) is 4.30. The van der Waals surface area contributed by atoms with Gasteiger partial charge in [0.2, 0.25) is 0 Å². The van der Waals surface area contributed by atoms with Crippen molar-refractivity contribution in [1.82, 2.24) is 0 Å². The van der Waals surface area contributed by atoms with E-state index in [0.717, 1.165) is 18.3 Å². The van der Waals surface area contributed by atoms with Crippen LogP contribution >= 0.6 is 22.9 Å². The van der Waals surface area contributed by atoms with Crippen LogP contribution in [0.5, 0.6) is 0 Å². The van der Waals surface area contributed by atoms with Crippen molar-refractivity contribution in [1.29, 1.82) is 0 Å². The predicted molar refractivity (Wildman–Crippen MR) is 72.9 cm³/mol. The summed E-state index contributed by atoms with van der Waals surface area (Å²) in [5.74, 6) is 0.